The van der Waals surface area contributed by atoms with E-state index in [-0.39, 0.29) is 17.2 Å². The van der Waals surface area contributed by atoms with Crippen molar-refractivity contribution in [2.24, 2.45) is 0 Å². The second-order valence-electron chi connectivity index (χ2n) is 13.8. The molecule has 4 aromatic rings. The van der Waals surface area contributed by atoms with Gasteiger partial charge in [0.25, 0.3) is 0 Å². The molecule has 0 aromatic heterocycles. The minimum atomic E-state index is -0.375. The Labute approximate surface area is 281 Å². The lowest BCUT2D eigenvalue weighted by Gasteiger charge is -2.24. The van der Waals surface area contributed by atoms with E-state index in [0.717, 1.165) is 29.0 Å². The summed E-state index contributed by atoms with van der Waals surface area (Å²) in [5.74, 6) is 1.68. The van der Waals surface area contributed by atoms with E-state index in [0.29, 0.717) is 37.8 Å². The number of benzene rings is 4. The second kappa shape index (κ2) is 16.6. The second-order valence-corrected chi connectivity index (χ2v) is 13.8. The van der Waals surface area contributed by atoms with Gasteiger partial charge in [0.1, 0.15) is 11.5 Å². The van der Waals surface area contributed by atoms with E-state index in [9.17, 15) is 4.79 Å². The van der Waals surface area contributed by atoms with Crippen LogP contribution in [0.3, 0.4) is 0 Å². The Morgan fingerprint density at radius 2 is 1.55 bits per heavy atom. The molecule has 1 amide bonds. The summed E-state index contributed by atoms with van der Waals surface area (Å²) in [6.45, 7) is 8.46. The molecule has 5 heteroatoms. The summed E-state index contributed by atoms with van der Waals surface area (Å²) in [6, 6.07) is 33.1. The zero-order valence-corrected chi connectivity index (χ0v) is 28.6. The lowest BCUT2D eigenvalue weighted by molar-refractivity contribution is -0.117. The monoisotopic (exact) mass is 633 g/mol. The largest absolute Gasteiger partial charge is 0.495 e. The topological polar surface area (TPSA) is 56.8 Å². The summed E-state index contributed by atoms with van der Waals surface area (Å²) in [4.78, 5) is 14.0. The molecular formula is C42H51NO4. The number of amides is 1. The summed E-state index contributed by atoms with van der Waals surface area (Å²) >= 11 is 0. The maximum atomic E-state index is 14.0. The average molecular weight is 634 g/mol. The first kappa shape index (κ1) is 34.3. The van der Waals surface area contributed by atoms with Crippen molar-refractivity contribution in [2.75, 3.05) is 25.6 Å². The molecule has 1 aliphatic carbocycles. The van der Waals surface area contributed by atoms with E-state index in [1.807, 2.05) is 36.4 Å². The summed E-state index contributed by atoms with van der Waals surface area (Å²) in [5.41, 5.74) is 6.53. The van der Waals surface area contributed by atoms with E-state index in [4.69, 9.17) is 14.2 Å². The lowest BCUT2D eigenvalue weighted by Crippen LogP contribution is -2.23. The van der Waals surface area contributed by atoms with Crippen LogP contribution in [-0.4, -0.2) is 26.2 Å². The number of anilines is 1. The zero-order valence-electron chi connectivity index (χ0n) is 28.6. The van der Waals surface area contributed by atoms with E-state index >= 15 is 0 Å². The Bertz CT molecular complexity index is 1530. The molecule has 47 heavy (non-hydrogen) atoms. The number of carbonyl (C=O) groups excluding carboxylic acids is 1. The first-order chi connectivity index (χ1) is 22.8. The lowest BCUT2D eigenvalue weighted by atomic mass is 9.84. The molecular weight excluding hydrogens is 582 g/mol. The molecule has 1 atom stereocenters. The minimum absolute atomic E-state index is 0.0353. The molecule has 248 valence electrons. The van der Waals surface area contributed by atoms with E-state index in [2.05, 4.69) is 86.8 Å². The highest BCUT2D eigenvalue weighted by atomic mass is 16.5. The number of hydrogen-bond donors (Lipinski definition) is 1. The smallest absolute Gasteiger partial charge is 0.232 e. The van der Waals surface area contributed by atoms with Gasteiger partial charge in [-0.3, -0.25) is 4.79 Å². The van der Waals surface area contributed by atoms with E-state index in [1.54, 1.807) is 7.11 Å². The summed E-state index contributed by atoms with van der Waals surface area (Å²) < 4.78 is 17.5. The van der Waals surface area contributed by atoms with Crippen LogP contribution in [-0.2, 0) is 28.0 Å². The number of ether oxygens (including phenoxy) is 3. The van der Waals surface area contributed by atoms with Crippen molar-refractivity contribution in [1.29, 1.82) is 0 Å². The number of hydrogen-bond acceptors (Lipinski definition) is 4. The van der Waals surface area contributed by atoms with Gasteiger partial charge in [-0.15, -0.1) is 0 Å². The predicted molar refractivity (Wildman–Crippen MR) is 192 cm³/mol. The third kappa shape index (κ3) is 9.95. The molecule has 1 fully saturated rings. The van der Waals surface area contributed by atoms with Gasteiger partial charge in [-0.1, -0.05) is 113 Å². The maximum Gasteiger partial charge on any atom is 0.232 e. The van der Waals surface area contributed by atoms with Crippen LogP contribution in [0.15, 0.2) is 97.1 Å². The predicted octanol–water partition coefficient (Wildman–Crippen LogP) is 9.99. The molecule has 1 saturated carbocycles. The standard InChI is InChI=1S/C42H51NO4/c1-42(2,3)36-21-18-34(19-22-36)38(41(44)43-39-25-20-35(29-40(39)45-4)33-14-9-6-10-15-33)28-31-16-23-37(24-17-31)47-27-11-26-46-30-32-12-7-5-8-13-32/h5,7-8,12-13,16-25,29,33,38H,6,9-11,14-15,26-28,30H2,1-4H3,(H,43,44). The van der Waals surface area contributed by atoms with Crippen LogP contribution in [0, 0.1) is 0 Å². The van der Waals surface area contributed by atoms with Gasteiger partial charge in [0.15, 0.2) is 0 Å². The molecule has 0 radical (unpaired) electrons. The van der Waals surface area contributed by atoms with Crippen LogP contribution in [0.25, 0.3) is 0 Å². The number of methoxy groups -OCH3 is 1. The highest BCUT2D eigenvalue weighted by molar-refractivity contribution is 5.97. The molecule has 0 bridgehead atoms. The van der Waals surface area contributed by atoms with Gasteiger partial charge in [0, 0.05) is 6.42 Å². The van der Waals surface area contributed by atoms with Gasteiger partial charge in [-0.25, -0.2) is 0 Å². The van der Waals surface area contributed by atoms with Gasteiger partial charge < -0.3 is 19.5 Å². The summed E-state index contributed by atoms with van der Waals surface area (Å²) in [5, 5.41) is 3.22. The highest BCUT2D eigenvalue weighted by Crippen LogP contribution is 2.37. The Morgan fingerprint density at radius 1 is 0.830 bits per heavy atom. The summed E-state index contributed by atoms with van der Waals surface area (Å²) in [6.07, 6.45) is 7.68. The van der Waals surface area contributed by atoms with Crippen molar-refractivity contribution < 1.29 is 19.0 Å². The average Bonchev–Trinajstić information content (AvgIpc) is 3.10. The first-order valence-corrected chi connectivity index (χ1v) is 17.2. The van der Waals surface area contributed by atoms with Gasteiger partial charge in [0.05, 0.1) is 38.5 Å². The van der Waals surface area contributed by atoms with Gasteiger partial charge >= 0.3 is 0 Å². The van der Waals surface area contributed by atoms with Gasteiger partial charge in [-0.05, 0) is 82.7 Å². The molecule has 0 saturated heterocycles. The molecule has 5 rings (SSSR count). The Morgan fingerprint density at radius 3 is 2.23 bits per heavy atom. The van der Waals surface area contributed by atoms with E-state index in [1.165, 1.54) is 48.8 Å². The molecule has 1 N–H and O–H groups in total. The number of carbonyl (C=O) groups is 1. The zero-order chi connectivity index (χ0) is 33.1. The van der Waals surface area contributed by atoms with Crippen molar-refractivity contribution in [3.05, 3.63) is 125 Å². The van der Waals surface area contributed by atoms with Crippen molar-refractivity contribution in [1.82, 2.24) is 0 Å². The Hall–Kier alpha value is -4.09. The van der Waals surface area contributed by atoms with Crippen LogP contribution in [0.1, 0.15) is 98.9 Å². The van der Waals surface area contributed by atoms with Crippen molar-refractivity contribution in [3.8, 4) is 11.5 Å². The van der Waals surface area contributed by atoms with Crippen LogP contribution in [0.2, 0.25) is 0 Å². The van der Waals surface area contributed by atoms with Crippen molar-refractivity contribution in [3.63, 3.8) is 0 Å². The molecule has 1 unspecified atom stereocenters. The van der Waals surface area contributed by atoms with Crippen LogP contribution in [0.4, 0.5) is 5.69 Å². The van der Waals surface area contributed by atoms with E-state index < -0.39 is 0 Å². The van der Waals surface area contributed by atoms with Crippen LogP contribution < -0.4 is 14.8 Å². The molecule has 1 aliphatic rings. The SMILES string of the molecule is COc1cc(C2CCCCC2)ccc1NC(=O)C(Cc1ccc(OCCCOCc2ccccc2)cc1)c1ccc(C(C)(C)C)cc1. The molecule has 0 aliphatic heterocycles. The fourth-order valence-corrected chi connectivity index (χ4v) is 6.37. The number of rotatable bonds is 14. The van der Waals surface area contributed by atoms with Gasteiger partial charge in [-0.2, -0.15) is 0 Å². The summed E-state index contributed by atoms with van der Waals surface area (Å²) in [7, 11) is 1.68. The number of nitrogens with one attached hydrogen (secondary N) is 1. The maximum absolute atomic E-state index is 14.0. The van der Waals surface area contributed by atoms with Crippen LogP contribution in [0.5, 0.6) is 11.5 Å². The normalized spacial score (nSPS) is 14.4. The fraction of sp³-hybridized carbons (Fsp3) is 0.405. The fourth-order valence-electron chi connectivity index (χ4n) is 6.37. The van der Waals surface area contributed by atoms with Gasteiger partial charge in [0.2, 0.25) is 5.91 Å². The van der Waals surface area contributed by atoms with Crippen molar-refractivity contribution >= 4 is 11.6 Å². The molecule has 0 heterocycles. The Balaban J connectivity index is 1.24. The van der Waals surface area contributed by atoms with Crippen LogP contribution >= 0.6 is 0 Å². The highest BCUT2D eigenvalue weighted by Gasteiger charge is 2.24. The third-order valence-corrected chi connectivity index (χ3v) is 9.23. The first-order valence-electron chi connectivity index (χ1n) is 17.2. The molecule has 4 aromatic carbocycles. The Kier molecular flexibility index (Phi) is 12.1. The molecule has 0 spiro atoms. The third-order valence-electron chi connectivity index (χ3n) is 9.23. The molecule has 5 nitrogen and oxygen atoms in total. The van der Waals surface area contributed by atoms with Crippen molar-refractivity contribution in [2.45, 2.75) is 89.6 Å². The minimum Gasteiger partial charge on any atom is -0.495 e. The quantitative estimate of drug-likeness (QED) is 0.140.